The minimum Gasteiger partial charge on any atom is -0.374 e. The lowest BCUT2D eigenvalue weighted by Crippen LogP contribution is -2.36. The molecule has 0 radical (unpaired) electrons. The van der Waals surface area contributed by atoms with Gasteiger partial charge in [0.25, 0.3) is 11.5 Å². The first-order valence-corrected chi connectivity index (χ1v) is 9.69. The Bertz CT molecular complexity index is 997. The van der Waals surface area contributed by atoms with Crippen LogP contribution in [0.2, 0.25) is 0 Å². The van der Waals surface area contributed by atoms with Crippen molar-refractivity contribution in [3.8, 4) is 0 Å². The molecule has 1 N–H and O–H groups in total. The van der Waals surface area contributed by atoms with Crippen molar-refractivity contribution in [2.24, 2.45) is 0 Å². The molecule has 1 atom stereocenters. The van der Waals surface area contributed by atoms with Crippen molar-refractivity contribution in [1.29, 1.82) is 0 Å². The minimum absolute atomic E-state index is 0.128. The van der Waals surface area contributed by atoms with E-state index in [1.165, 1.54) is 4.57 Å². The molecule has 146 valence electrons. The molecular formula is C20H22N4O3S. The SMILES string of the molecule is COC(CNC(=O)c1c(C)ccn(Cc2cnc(C)cn2)c1=O)c1cccs1. The van der Waals surface area contributed by atoms with Crippen molar-refractivity contribution in [1.82, 2.24) is 19.9 Å². The largest absolute Gasteiger partial charge is 0.374 e. The zero-order valence-corrected chi connectivity index (χ0v) is 16.8. The molecule has 3 rings (SSSR count). The monoisotopic (exact) mass is 398 g/mol. The summed E-state index contributed by atoms with van der Waals surface area (Å²) < 4.78 is 6.92. The number of carbonyl (C=O) groups excluding carboxylic acids is 1. The molecule has 0 aliphatic heterocycles. The molecule has 3 aromatic heterocycles. The van der Waals surface area contributed by atoms with Crippen LogP contribution >= 0.6 is 11.3 Å². The van der Waals surface area contributed by atoms with E-state index in [1.807, 2.05) is 24.4 Å². The third kappa shape index (κ3) is 4.52. The normalized spacial score (nSPS) is 12.0. The molecule has 1 amide bonds. The van der Waals surface area contributed by atoms with Gasteiger partial charge in [0.2, 0.25) is 0 Å². The van der Waals surface area contributed by atoms with Crippen LogP contribution in [0.25, 0.3) is 0 Å². The first-order chi connectivity index (χ1) is 13.5. The summed E-state index contributed by atoms with van der Waals surface area (Å²) in [5, 5.41) is 4.78. The first-order valence-electron chi connectivity index (χ1n) is 8.81. The Labute approximate surface area is 167 Å². The number of nitrogens with one attached hydrogen (secondary N) is 1. The van der Waals surface area contributed by atoms with Crippen LogP contribution in [-0.2, 0) is 11.3 Å². The van der Waals surface area contributed by atoms with Crippen LogP contribution in [0, 0.1) is 13.8 Å². The Hall–Kier alpha value is -2.84. The van der Waals surface area contributed by atoms with Gasteiger partial charge in [0, 0.05) is 30.9 Å². The van der Waals surface area contributed by atoms with Crippen molar-refractivity contribution in [2.75, 3.05) is 13.7 Å². The number of rotatable bonds is 7. The van der Waals surface area contributed by atoms with Crippen LogP contribution in [0.5, 0.6) is 0 Å². The fraction of sp³-hybridized carbons (Fsp3) is 0.300. The maximum Gasteiger partial charge on any atom is 0.264 e. The number of methoxy groups -OCH3 is 1. The molecule has 0 saturated heterocycles. The molecule has 0 aliphatic carbocycles. The van der Waals surface area contributed by atoms with E-state index in [0.717, 1.165) is 10.6 Å². The number of hydrogen-bond donors (Lipinski definition) is 1. The Morgan fingerprint density at radius 3 is 2.75 bits per heavy atom. The lowest BCUT2D eigenvalue weighted by molar-refractivity contribution is 0.0835. The highest BCUT2D eigenvalue weighted by Gasteiger charge is 2.19. The van der Waals surface area contributed by atoms with E-state index in [1.54, 1.807) is 50.0 Å². The summed E-state index contributed by atoms with van der Waals surface area (Å²) in [6, 6.07) is 5.64. The Morgan fingerprint density at radius 2 is 2.11 bits per heavy atom. The highest BCUT2D eigenvalue weighted by atomic mass is 32.1. The summed E-state index contributed by atoms with van der Waals surface area (Å²) in [6.45, 7) is 4.13. The van der Waals surface area contributed by atoms with Gasteiger partial charge in [-0.1, -0.05) is 6.07 Å². The molecule has 0 aliphatic rings. The topological polar surface area (TPSA) is 86.1 Å². The quantitative estimate of drug-likeness (QED) is 0.661. The standard InChI is InChI=1S/C20H22N4O3S/c1-13-6-7-24(12-15-10-21-14(2)9-22-15)20(26)18(13)19(25)23-11-16(27-3)17-5-4-8-28-17/h4-10,16H,11-12H2,1-3H3,(H,23,25). The maximum atomic E-state index is 12.9. The molecule has 3 heterocycles. The summed E-state index contributed by atoms with van der Waals surface area (Å²) in [4.78, 5) is 35.1. The Morgan fingerprint density at radius 1 is 1.29 bits per heavy atom. The van der Waals surface area contributed by atoms with E-state index in [9.17, 15) is 9.59 Å². The number of hydrogen-bond acceptors (Lipinski definition) is 6. The van der Waals surface area contributed by atoms with Gasteiger partial charge in [-0.3, -0.25) is 19.6 Å². The van der Waals surface area contributed by atoms with Crippen molar-refractivity contribution >= 4 is 17.2 Å². The lowest BCUT2D eigenvalue weighted by Gasteiger charge is -2.15. The molecule has 3 aromatic rings. The van der Waals surface area contributed by atoms with E-state index in [0.29, 0.717) is 11.3 Å². The van der Waals surface area contributed by atoms with Crippen LogP contribution in [0.15, 0.2) is 47.0 Å². The van der Waals surface area contributed by atoms with Crippen molar-refractivity contribution in [3.63, 3.8) is 0 Å². The average Bonchev–Trinajstić information content (AvgIpc) is 3.21. The van der Waals surface area contributed by atoms with E-state index in [2.05, 4.69) is 15.3 Å². The van der Waals surface area contributed by atoms with Crippen LogP contribution in [0.1, 0.15) is 38.3 Å². The van der Waals surface area contributed by atoms with Gasteiger partial charge in [-0.2, -0.15) is 0 Å². The molecular weight excluding hydrogens is 376 g/mol. The van der Waals surface area contributed by atoms with Crippen molar-refractivity contribution < 1.29 is 9.53 Å². The molecule has 7 nitrogen and oxygen atoms in total. The Balaban J connectivity index is 1.78. The molecule has 0 spiro atoms. The van der Waals surface area contributed by atoms with Gasteiger partial charge in [-0.05, 0) is 36.9 Å². The number of thiophene rings is 1. The molecule has 0 bridgehead atoms. The van der Waals surface area contributed by atoms with Gasteiger partial charge in [0.05, 0.1) is 24.1 Å². The van der Waals surface area contributed by atoms with Gasteiger partial charge in [0.15, 0.2) is 0 Å². The fourth-order valence-corrected chi connectivity index (χ4v) is 3.59. The number of aromatic nitrogens is 3. The molecule has 0 aromatic carbocycles. The average molecular weight is 398 g/mol. The third-order valence-electron chi connectivity index (χ3n) is 4.36. The number of nitrogens with zero attached hydrogens (tertiary/aromatic N) is 3. The minimum atomic E-state index is -0.412. The van der Waals surface area contributed by atoms with Gasteiger partial charge in [0.1, 0.15) is 11.7 Å². The first kappa shape index (κ1) is 19.9. The smallest absolute Gasteiger partial charge is 0.264 e. The highest BCUT2D eigenvalue weighted by molar-refractivity contribution is 7.10. The number of amides is 1. The van der Waals surface area contributed by atoms with E-state index in [4.69, 9.17) is 4.74 Å². The van der Waals surface area contributed by atoms with Crippen LogP contribution in [0.3, 0.4) is 0 Å². The molecule has 0 fully saturated rings. The summed E-state index contributed by atoms with van der Waals surface area (Å²) in [5.41, 5.74) is 1.85. The second kappa shape index (κ2) is 8.90. The van der Waals surface area contributed by atoms with Gasteiger partial charge in [-0.25, -0.2) is 0 Å². The third-order valence-corrected chi connectivity index (χ3v) is 5.32. The fourth-order valence-electron chi connectivity index (χ4n) is 2.79. The highest BCUT2D eigenvalue weighted by Crippen LogP contribution is 2.21. The second-order valence-corrected chi connectivity index (χ2v) is 7.38. The number of aryl methyl sites for hydroxylation is 2. The predicted octanol–water partition coefficient (Wildman–Crippen LogP) is 2.48. The molecule has 8 heteroatoms. The van der Waals surface area contributed by atoms with E-state index >= 15 is 0 Å². The van der Waals surface area contributed by atoms with E-state index < -0.39 is 5.91 Å². The van der Waals surface area contributed by atoms with Crippen LogP contribution < -0.4 is 10.9 Å². The number of ether oxygens (including phenoxy) is 1. The van der Waals surface area contributed by atoms with Gasteiger partial charge >= 0.3 is 0 Å². The van der Waals surface area contributed by atoms with Gasteiger partial charge < -0.3 is 14.6 Å². The maximum absolute atomic E-state index is 12.9. The molecule has 0 saturated carbocycles. The zero-order chi connectivity index (χ0) is 20.1. The van der Waals surface area contributed by atoms with Crippen molar-refractivity contribution in [3.05, 3.63) is 79.9 Å². The summed E-state index contributed by atoms with van der Waals surface area (Å²) >= 11 is 1.56. The summed E-state index contributed by atoms with van der Waals surface area (Å²) in [7, 11) is 1.60. The number of carbonyl (C=O) groups is 1. The molecule has 1 unspecified atom stereocenters. The Kier molecular flexibility index (Phi) is 6.33. The van der Waals surface area contributed by atoms with Crippen molar-refractivity contribution in [2.45, 2.75) is 26.5 Å². The lowest BCUT2D eigenvalue weighted by atomic mass is 10.1. The second-order valence-electron chi connectivity index (χ2n) is 6.41. The summed E-state index contributed by atoms with van der Waals surface area (Å²) in [6.07, 6.45) is 4.70. The van der Waals surface area contributed by atoms with Crippen LogP contribution in [-0.4, -0.2) is 34.1 Å². The molecule has 28 heavy (non-hydrogen) atoms. The zero-order valence-electron chi connectivity index (χ0n) is 16.0. The number of pyridine rings is 1. The van der Waals surface area contributed by atoms with Gasteiger partial charge in [-0.15, -0.1) is 11.3 Å². The summed E-state index contributed by atoms with van der Waals surface area (Å²) in [5.74, 6) is -0.412. The van der Waals surface area contributed by atoms with Crippen LogP contribution in [0.4, 0.5) is 0 Å². The predicted molar refractivity (Wildman–Crippen MR) is 108 cm³/mol. The van der Waals surface area contributed by atoms with E-state index in [-0.39, 0.29) is 30.3 Å².